The Kier molecular flexibility index (Phi) is 4.88. The molecule has 118 valence electrons. The molecule has 7 heteroatoms. The molecule has 0 radical (unpaired) electrons. The summed E-state index contributed by atoms with van der Waals surface area (Å²) in [6, 6.07) is 6.62. The van der Waals surface area contributed by atoms with E-state index in [0.717, 1.165) is 25.7 Å². The Balaban J connectivity index is 2.18. The Morgan fingerprint density at radius 1 is 1.24 bits per heavy atom. The van der Waals surface area contributed by atoms with Crippen LogP contribution in [0, 0.1) is 0 Å². The van der Waals surface area contributed by atoms with Crippen molar-refractivity contribution in [2.75, 3.05) is 26.1 Å². The van der Waals surface area contributed by atoms with Crippen LogP contribution in [0.3, 0.4) is 0 Å². The van der Waals surface area contributed by atoms with Crippen LogP contribution in [0.5, 0.6) is 0 Å². The number of hydrogen-bond donors (Lipinski definition) is 3. The third-order valence-electron chi connectivity index (χ3n) is 4.41. The first-order valence-electron chi connectivity index (χ1n) is 7.14. The predicted molar refractivity (Wildman–Crippen MR) is 84.3 cm³/mol. The van der Waals surface area contributed by atoms with Crippen LogP contribution in [0.4, 0.5) is 5.69 Å². The number of sulfonamides is 1. The van der Waals surface area contributed by atoms with Crippen LogP contribution in [0.25, 0.3) is 0 Å². The Hall–Kier alpha value is -1.15. The van der Waals surface area contributed by atoms with E-state index in [1.165, 1.54) is 0 Å². The van der Waals surface area contributed by atoms with Crippen molar-refractivity contribution in [3.05, 3.63) is 24.3 Å². The fraction of sp³-hybridized carbons (Fsp3) is 0.571. The number of nitrogen functional groups attached to an aromatic ring is 1. The van der Waals surface area contributed by atoms with Crippen molar-refractivity contribution in [3.63, 3.8) is 0 Å². The topological polar surface area (TPSA) is 87.5 Å². The Bertz CT molecular complexity index is 580. The SMILES string of the molecule is CN(C)C1(CNS(=O)(=O)c2ccccc2NN)CCCC1. The van der Waals surface area contributed by atoms with Crippen LogP contribution in [-0.4, -0.2) is 39.5 Å². The van der Waals surface area contributed by atoms with Crippen LogP contribution in [-0.2, 0) is 10.0 Å². The number of nitrogens with two attached hydrogens (primary N) is 1. The summed E-state index contributed by atoms with van der Waals surface area (Å²) >= 11 is 0. The molecule has 2 rings (SSSR count). The minimum atomic E-state index is -3.58. The van der Waals surface area contributed by atoms with Gasteiger partial charge in [0, 0.05) is 12.1 Å². The van der Waals surface area contributed by atoms with Gasteiger partial charge in [-0.2, -0.15) is 0 Å². The number of benzene rings is 1. The van der Waals surface area contributed by atoms with E-state index in [4.69, 9.17) is 5.84 Å². The smallest absolute Gasteiger partial charge is 0.242 e. The van der Waals surface area contributed by atoms with Gasteiger partial charge in [-0.05, 0) is 39.1 Å². The van der Waals surface area contributed by atoms with Gasteiger partial charge in [-0.25, -0.2) is 13.1 Å². The molecule has 0 aromatic heterocycles. The molecule has 6 nitrogen and oxygen atoms in total. The summed E-state index contributed by atoms with van der Waals surface area (Å²) in [6.07, 6.45) is 4.31. The summed E-state index contributed by atoms with van der Waals surface area (Å²) in [5.41, 5.74) is 2.75. The first kappa shape index (κ1) is 16.2. The van der Waals surface area contributed by atoms with Crippen molar-refractivity contribution in [3.8, 4) is 0 Å². The first-order valence-corrected chi connectivity index (χ1v) is 8.62. The van der Waals surface area contributed by atoms with E-state index >= 15 is 0 Å². The number of hydrogen-bond acceptors (Lipinski definition) is 5. The largest absolute Gasteiger partial charge is 0.323 e. The Morgan fingerprint density at radius 3 is 2.43 bits per heavy atom. The van der Waals surface area contributed by atoms with E-state index < -0.39 is 10.0 Å². The highest BCUT2D eigenvalue weighted by molar-refractivity contribution is 7.89. The third-order valence-corrected chi connectivity index (χ3v) is 5.87. The monoisotopic (exact) mass is 312 g/mol. The molecule has 0 heterocycles. The molecule has 1 fully saturated rings. The van der Waals surface area contributed by atoms with Crippen molar-refractivity contribution in [2.24, 2.45) is 5.84 Å². The zero-order valence-electron chi connectivity index (χ0n) is 12.6. The molecule has 1 aliphatic rings. The summed E-state index contributed by atoms with van der Waals surface area (Å²) in [5, 5.41) is 0. The van der Waals surface area contributed by atoms with Gasteiger partial charge in [0.05, 0.1) is 5.69 Å². The number of rotatable bonds is 6. The van der Waals surface area contributed by atoms with Crippen molar-refractivity contribution in [1.29, 1.82) is 0 Å². The highest BCUT2D eigenvalue weighted by Crippen LogP contribution is 2.33. The van der Waals surface area contributed by atoms with Crippen molar-refractivity contribution < 1.29 is 8.42 Å². The molecule has 0 aliphatic heterocycles. The van der Waals surface area contributed by atoms with Gasteiger partial charge in [0.25, 0.3) is 0 Å². The lowest BCUT2D eigenvalue weighted by Gasteiger charge is -2.36. The van der Waals surface area contributed by atoms with Crippen LogP contribution in [0.15, 0.2) is 29.2 Å². The van der Waals surface area contributed by atoms with Gasteiger partial charge >= 0.3 is 0 Å². The number of nitrogens with zero attached hydrogens (tertiary/aromatic N) is 1. The van der Waals surface area contributed by atoms with E-state index in [1.807, 2.05) is 14.1 Å². The molecule has 21 heavy (non-hydrogen) atoms. The summed E-state index contributed by atoms with van der Waals surface area (Å²) < 4.78 is 27.8. The van der Waals surface area contributed by atoms with Crippen molar-refractivity contribution >= 4 is 15.7 Å². The van der Waals surface area contributed by atoms with Gasteiger partial charge in [0.15, 0.2) is 0 Å². The minimum Gasteiger partial charge on any atom is -0.323 e. The summed E-state index contributed by atoms with van der Waals surface area (Å²) in [5.74, 6) is 5.39. The Morgan fingerprint density at radius 2 is 1.86 bits per heavy atom. The van der Waals surface area contributed by atoms with E-state index in [1.54, 1.807) is 24.3 Å². The van der Waals surface area contributed by atoms with E-state index in [9.17, 15) is 8.42 Å². The maximum atomic E-state index is 12.5. The van der Waals surface area contributed by atoms with Crippen molar-refractivity contribution in [1.82, 2.24) is 9.62 Å². The second kappa shape index (κ2) is 6.31. The second-order valence-electron chi connectivity index (χ2n) is 5.79. The average molecular weight is 312 g/mol. The highest BCUT2D eigenvalue weighted by atomic mass is 32.2. The van der Waals surface area contributed by atoms with Gasteiger partial charge in [0.2, 0.25) is 10.0 Å². The number of nitrogens with one attached hydrogen (secondary N) is 2. The van der Waals surface area contributed by atoms with Gasteiger partial charge in [0.1, 0.15) is 4.90 Å². The van der Waals surface area contributed by atoms with Gasteiger partial charge in [-0.15, -0.1) is 0 Å². The lowest BCUT2D eigenvalue weighted by molar-refractivity contribution is 0.162. The van der Waals surface area contributed by atoms with E-state index in [0.29, 0.717) is 12.2 Å². The fourth-order valence-corrected chi connectivity index (χ4v) is 4.23. The molecular weight excluding hydrogens is 288 g/mol. The number of likely N-dealkylation sites (N-methyl/N-ethyl adjacent to an activating group) is 1. The van der Waals surface area contributed by atoms with Crippen LogP contribution in [0.1, 0.15) is 25.7 Å². The standard InChI is InChI=1S/C14H24N4O2S/c1-18(2)14(9-5-6-10-14)11-16-21(19,20)13-8-4-3-7-12(13)17-15/h3-4,7-8,16-17H,5-6,9-11,15H2,1-2H3. The van der Waals surface area contributed by atoms with Crippen LogP contribution >= 0.6 is 0 Å². The number of hydrazine groups is 1. The lowest BCUT2D eigenvalue weighted by atomic mass is 9.97. The molecule has 1 saturated carbocycles. The predicted octanol–water partition coefficient (Wildman–Crippen LogP) is 1.12. The summed E-state index contributed by atoms with van der Waals surface area (Å²) in [7, 11) is 0.437. The maximum Gasteiger partial charge on any atom is 0.242 e. The van der Waals surface area contributed by atoms with Gasteiger partial charge in [-0.3, -0.25) is 5.84 Å². The third kappa shape index (κ3) is 3.37. The Labute approximate surface area is 126 Å². The van der Waals surface area contributed by atoms with Crippen molar-refractivity contribution in [2.45, 2.75) is 36.1 Å². The zero-order chi connectivity index (χ0) is 15.5. The van der Waals surface area contributed by atoms with Gasteiger partial charge in [-0.1, -0.05) is 25.0 Å². The second-order valence-corrected chi connectivity index (χ2v) is 7.53. The molecule has 0 amide bonds. The molecule has 1 aliphatic carbocycles. The summed E-state index contributed by atoms with van der Waals surface area (Å²) in [6.45, 7) is 0.418. The molecule has 0 unspecified atom stereocenters. The van der Waals surface area contributed by atoms with Gasteiger partial charge < -0.3 is 10.3 Å². The maximum absolute atomic E-state index is 12.5. The molecule has 1 aromatic rings. The molecular formula is C14H24N4O2S. The van der Waals surface area contributed by atoms with E-state index in [-0.39, 0.29) is 10.4 Å². The number of anilines is 1. The zero-order valence-corrected chi connectivity index (χ0v) is 13.4. The van der Waals surface area contributed by atoms with Crippen LogP contribution < -0.4 is 16.0 Å². The molecule has 0 saturated heterocycles. The molecule has 0 atom stereocenters. The summed E-state index contributed by atoms with van der Waals surface area (Å²) in [4.78, 5) is 2.31. The average Bonchev–Trinajstić information content (AvgIpc) is 2.95. The molecule has 4 N–H and O–H groups in total. The van der Waals surface area contributed by atoms with Crippen LogP contribution in [0.2, 0.25) is 0 Å². The number of para-hydroxylation sites is 1. The van der Waals surface area contributed by atoms with E-state index in [2.05, 4.69) is 15.0 Å². The first-order chi connectivity index (χ1) is 9.91. The quantitative estimate of drug-likeness (QED) is 0.541. The fourth-order valence-electron chi connectivity index (χ4n) is 2.94. The highest BCUT2D eigenvalue weighted by Gasteiger charge is 2.37. The lowest BCUT2D eigenvalue weighted by Crippen LogP contribution is -2.50. The molecule has 0 spiro atoms. The molecule has 1 aromatic carbocycles. The molecule has 0 bridgehead atoms. The normalized spacial score (nSPS) is 18.1. The minimum absolute atomic E-state index is 0.0852.